The van der Waals surface area contributed by atoms with Gasteiger partial charge in [0, 0.05) is 38.9 Å². The lowest BCUT2D eigenvalue weighted by Gasteiger charge is -2.20. The number of anilines is 2. The third-order valence-electron chi connectivity index (χ3n) is 3.46. The summed E-state index contributed by atoms with van der Waals surface area (Å²) < 4.78 is 0. The van der Waals surface area contributed by atoms with Crippen molar-refractivity contribution in [3.05, 3.63) is 18.3 Å². The van der Waals surface area contributed by atoms with Crippen LogP contribution in [-0.4, -0.2) is 49.7 Å². The fourth-order valence-corrected chi connectivity index (χ4v) is 2.38. The van der Waals surface area contributed by atoms with Crippen LogP contribution in [-0.2, 0) is 0 Å². The molecule has 0 spiro atoms. The number of pyridine rings is 1. The van der Waals surface area contributed by atoms with Crippen molar-refractivity contribution in [3.8, 4) is 0 Å². The molecule has 1 N–H and O–H groups in total. The number of hydrogen-bond donors (Lipinski definition) is 1. The number of likely N-dealkylation sites (N-methyl/N-ethyl adjacent to an activating group) is 1. The molecule has 1 aromatic heterocycles. The van der Waals surface area contributed by atoms with Gasteiger partial charge in [-0.3, -0.25) is 0 Å². The second kappa shape index (κ2) is 4.92. The molecule has 4 nitrogen and oxygen atoms in total. The van der Waals surface area contributed by atoms with E-state index in [2.05, 4.69) is 35.2 Å². The lowest BCUT2D eigenvalue weighted by Crippen LogP contribution is -2.25. The minimum atomic E-state index is 0.526. The molecule has 4 heteroatoms. The Balaban J connectivity index is 2.09. The Morgan fingerprint density at radius 3 is 2.82 bits per heavy atom. The van der Waals surface area contributed by atoms with Crippen molar-refractivity contribution in [1.82, 2.24) is 9.88 Å². The van der Waals surface area contributed by atoms with Crippen molar-refractivity contribution in [1.29, 1.82) is 0 Å². The van der Waals surface area contributed by atoms with Gasteiger partial charge in [0.25, 0.3) is 0 Å². The minimum Gasteiger partial charge on any atom is -0.378 e. The molecule has 2 atom stereocenters. The molecule has 1 saturated heterocycles. The predicted octanol–water partition coefficient (Wildman–Crippen LogP) is 1.65. The SMILES string of the molecule is CC1CC(Nc2cccnc2N(C)C)CN1C. The summed E-state index contributed by atoms with van der Waals surface area (Å²) >= 11 is 0. The summed E-state index contributed by atoms with van der Waals surface area (Å²) in [7, 11) is 6.23. The summed E-state index contributed by atoms with van der Waals surface area (Å²) in [5.41, 5.74) is 1.13. The van der Waals surface area contributed by atoms with Crippen molar-refractivity contribution >= 4 is 11.5 Å². The molecule has 2 unspecified atom stereocenters. The highest BCUT2D eigenvalue weighted by molar-refractivity contribution is 5.65. The van der Waals surface area contributed by atoms with Gasteiger partial charge in [-0.1, -0.05) is 0 Å². The third-order valence-corrected chi connectivity index (χ3v) is 3.46. The molecule has 94 valence electrons. The standard InChI is InChI=1S/C13H22N4/c1-10-8-11(9-17(10)4)15-12-6-5-7-14-13(12)16(2)3/h5-7,10-11,15H,8-9H2,1-4H3. The van der Waals surface area contributed by atoms with E-state index in [0.29, 0.717) is 12.1 Å². The Hall–Kier alpha value is -1.29. The lowest BCUT2D eigenvalue weighted by atomic mass is 10.2. The van der Waals surface area contributed by atoms with Gasteiger partial charge in [-0.25, -0.2) is 4.98 Å². The number of rotatable bonds is 3. The molecule has 1 fully saturated rings. The maximum Gasteiger partial charge on any atom is 0.151 e. The van der Waals surface area contributed by atoms with Gasteiger partial charge < -0.3 is 15.1 Å². The van der Waals surface area contributed by atoms with Crippen LogP contribution >= 0.6 is 0 Å². The van der Waals surface area contributed by atoms with E-state index in [1.807, 2.05) is 31.3 Å². The van der Waals surface area contributed by atoms with Crippen LogP contribution < -0.4 is 10.2 Å². The summed E-state index contributed by atoms with van der Waals surface area (Å²) in [4.78, 5) is 8.85. The minimum absolute atomic E-state index is 0.526. The monoisotopic (exact) mass is 234 g/mol. The Morgan fingerprint density at radius 2 is 2.24 bits per heavy atom. The zero-order chi connectivity index (χ0) is 12.4. The van der Waals surface area contributed by atoms with Crippen LogP contribution in [0.25, 0.3) is 0 Å². The van der Waals surface area contributed by atoms with Crippen molar-refractivity contribution in [2.24, 2.45) is 0 Å². The van der Waals surface area contributed by atoms with E-state index < -0.39 is 0 Å². The Kier molecular flexibility index (Phi) is 3.52. The first-order valence-electron chi connectivity index (χ1n) is 6.17. The van der Waals surface area contributed by atoms with Gasteiger partial charge in [-0.15, -0.1) is 0 Å². The highest BCUT2D eigenvalue weighted by Crippen LogP contribution is 2.25. The molecule has 0 bridgehead atoms. The quantitative estimate of drug-likeness (QED) is 0.862. The Bertz CT molecular complexity index is 367. The molecule has 0 aromatic carbocycles. The van der Waals surface area contributed by atoms with Crippen LogP contribution in [0.1, 0.15) is 13.3 Å². The molecular weight excluding hydrogens is 212 g/mol. The smallest absolute Gasteiger partial charge is 0.151 e. The van der Waals surface area contributed by atoms with Gasteiger partial charge in [0.1, 0.15) is 0 Å². The van der Waals surface area contributed by atoms with Gasteiger partial charge in [0.2, 0.25) is 0 Å². The van der Waals surface area contributed by atoms with Crippen molar-refractivity contribution in [2.45, 2.75) is 25.4 Å². The van der Waals surface area contributed by atoms with Crippen LogP contribution in [0.4, 0.5) is 11.5 Å². The van der Waals surface area contributed by atoms with E-state index in [9.17, 15) is 0 Å². The van der Waals surface area contributed by atoms with Gasteiger partial charge in [-0.05, 0) is 32.5 Å². The average molecular weight is 234 g/mol. The average Bonchev–Trinajstić information content (AvgIpc) is 2.58. The van der Waals surface area contributed by atoms with Gasteiger partial charge in [-0.2, -0.15) is 0 Å². The Labute approximate surface area is 104 Å². The number of nitrogens with zero attached hydrogens (tertiary/aromatic N) is 3. The number of hydrogen-bond acceptors (Lipinski definition) is 4. The Morgan fingerprint density at radius 1 is 1.47 bits per heavy atom. The van der Waals surface area contributed by atoms with E-state index >= 15 is 0 Å². The molecule has 0 saturated carbocycles. The second-order valence-electron chi connectivity index (χ2n) is 5.13. The van der Waals surface area contributed by atoms with E-state index in [0.717, 1.165) is 18.1 Å². The molecule has 1 aromatic rings. The molecule has 0 amide bonds. The molecule has 1 aliphatic rings. The maximum atomic E-state index is 4.41. The number of nitrogens with one attached hydrogen (secondary N) is 1. The van der Waals surface area contributed by atoms with Crippen molar-refractivity contribution in [3.63, 3.8) is 0 Å². The summed E-state index contributed by atoms with van der Waals surface area (Å²) in [5, 5.41) is 3.61. The van der Waals surface area contributed by atoms with Crippen LogP contribution in [0.3, 0.4) is 0 Å². The van der Waals surface area contributed by atoms with Crippen LogP contribution in [0.5, 0.6) is 0 Å². The van der Waals surface area contributed by atoms with Crippen molar-refractivity contribution < 1.29 is 0 Å². The zero-order valence-corrected chi connectivity index (χ0v) is 11.1. The van der Waals surface area contributed by atoms with Gasteiger partial charge in [0.15, 0.2) is 5.82 Å². The van der Waals surface area contributed by atoms with Gasteiger partial charge in [0.05, 0.1) is 5.69 Å². The summed E-state index contributed by atoms with van der Waals surface area (Å²) in [6.07, 6.45) is 3.03. The predicted molar refractivity (Wildman–Crippen MR) is 72.7 cm³/mol. The zero-order valence-electron chi connectivity index (χ0n) is 11.1. The van der Waals surface area contributed by atoms with E-state index in [1.165, 1.54) is 6.42 Å². The fourth-order valence-electron chi connectivity index (χ4n) is 2.38. The van der Waals surface area contributed by atoms with E-state index in [-0.39, 0.29) is 0 Å². The van der Waals surface area contributed by atoms with E-state index in [1.54, 1.807) is 0 Å². The molecule has 0 aliphatic carbocycles. The molecule has 2 heterocycles. The van der Waals surface area contributed by atoms with Crippen molar-refractivity contribution in [2.75, 3.05) is 37.9 Å². The highest BCUT2D eigenvalue weighted by atomic mass is 15.2. The normalized spacial score (nSPS) is 24.9. The largest absolute Gasteiger partial charge is 0.378 e. The molecule has 17 heavy (non-hydrogen) atoms. The van der Waals surface area contributed by atoms with Gasteiger partial charge >= 0.3 is 0 Å². The fraction of sp³-hybridized carbons (Fsp3) is 0.615. The summed E-state index contributed by atoms with van der Waals surface area (Å²) in [6, 6.07) is 5.27. The van der Waals surface area contributed by atoms with Crippen LogP contribution in [0.2, 0.25) is 0 Å². The first kappa shape index (κ1) is 12.2. The number of aromatic nitrogens is 1. The molecule has 2 rings (SSSR count). The molecule has 0 radical (unpaired) electrons. The van der Waals surface area contributed by atoms with E-state index in [4.69, 9.17) is 0 Å². The third kappa shape index (κ3) is 2.69. The maximum absolute atomic E-state index is 4.41. The first-order valence-corrected chi connectivity index (χ1v) is 6.17. The molecular formula is C13H22N4. The highest BCUT2D eigenvalue weighted by Gasteiger charge is 2.26. The van der Waals surface area contributed by atoms with Crippen LogP contribution in [0, 0.1) is 0 Å². The molecule has 1 aliphatic heterocycles. The summed E-state index contributed by atoms with van der Waals surface area (Å²) in [5.74, 6) is 1.01. The number of likely N-dealkylation sites (tertiary alicyclic amines) is 1. The topological polar surface area (TPSA) is 31.4 Å². The second-order valence-corrected chi connectivity index (χ2v) is 5.13. The summed E-state index contributed by atoms with van der Waals surface area (Å²) in [6.45, 7) is 3.38. The first-order chi connectivity index (χ1) is 8.08. The lowest BCUT2D eigenvalue weighted by molar-refractivity contribution is 0.330. The van der Waals surface area contributed by atoms with Crippen LogP contribution in [0.15, 0.2) is 18.3 Å².